The molecule has 0 bridgehead atoms. The van der Waals surface area contributed by atoms with Gasteiger partial charge in [0, 0.05) is 6.04 Å². The summed E-state index contributed by atoms with van der Waals surface area (Å²) >= 11 is 0. The maximum atomic E-state index is 11.9. The van der Waals surface area contributed by atoms with Gasteiger partial charge in [0.2, 0.25) is 5.91 Å². The molecule has 0 spiro atoms. The van der Waals surface area contributed by atoms with Crippen molar-refractivity contribution in [2.24, 2.45) is 11.1 Å². The van der Waals surface area contributed by atoms with Crippen molar-refractivity contribution in [3.63, 3.8) is 0 Å². The Morgan fingerprint density at radius 3 is 2.53 bits per heavy atom. The normalized spacial score (nSPS) is 28.2. The van der Waals surface area contributed by atoms with Crippen LogP contribution in [-0.4, -0.2) is 35.1 Å². The number of primary amides is 1. The molecular formula is C12H21N3O4. The van der Waals surface area contributed by atoms with E-state index in [2.05, 4.69) is 10.6 Å². The summed E-state index contributed by atoms with van der Waals surface area (Å²) in [5, 5.41) is 14.3. The maximum Gasteiger partial charge on any atom is 0.312 e. The molecule has 5 N–H and O–H groups in total. The van der Waals surface area contributed by atoms with Gasteiger partial charge in [-0.1, -0.05) is 12.8 Å². The Labute approximate surface area is 111 Å². The number of hydrogen-bond donors (Lipinski definition) is 4. The number of aliphatic carboxylic acids is 1. The summed E-state index contributed by atoms with van der Waals surface area (Å²) in [6.45, 7) is 3.15. The zero-order valence-electron chi connectivity index (χ0n) is 11.2. The lowest BCUT2D eigenvalue weighted by Gasteiger charge is -2.38. The molecule has 7 heteroatoms. The molecule has 19 heavy (non-hydrogen) atoms. The largest absolute Gasteiger partial charge is 0.481 e. The molecule has 3 amide bonds. The molecule has 0 aromatic carbocycles. The Morgan fingerprint density at radius 1 is 1.37 bits per heavy atom. The third kappa shape index (κ3) is 3.59. The van der Waals surface area contributed by atoms with E-state index in [1.54, 1.807) is 6.92 Å². The number of carboxylic acid groups (broad SMARTS) is 1. The van der Waals surface area contributed by atoms with Crippen LogP contribution in [0.25, 0.3) is 0 Å². The Balaban J connectivity index is 2.70. The van der Waals surface area contributed by atoms with E-state index in [1.807, 2.05) is 0 Å². The lowest BCUT2D eigenvalue weighted by atomic mass is 9.71. The van der Waals surface area contributed by atoms with Crippen LogP contribution in [0.15, 0.2) is 0 Å². The topological polar surface area (TPSA) is 122 Å². The molecule has 0 heterocycles. The molecule has 1 rings (SSSR count). The molecule has 0 aromatic heterocycles. The standard InChI is InChI=1S/C12H21N3O4/c1-7(14-11(13)19)9(16)15-8-5-3-4-6-12(8,2)10(17)18/h7-8H,3-6H2,1-2H3,(H,15,16)(H,17,18)(H3,13,14,19). The smallest absolute Gasteiger partial charge is 0.312 e. The summed E-state index contributed by atoms with van der Waals surface area (Å²) in [6.07, 6.45) is 2.87. The fourth-order valence-corrected chi connectivity index (χ4v) is 2.40. The van der Waals surface area contributed by atoms with Gasteiger partial charge in [-0.2, -0.15) is 0 Å². The summed E-state index contributed by atoms with van der Waals surface area (Å²) in [6, 6.07) is -1.99. The molecule has 3 atom stereocenters. The van der Waals surface area contributed by atoms with E-state index in [0.717, 1.165) is 12.8 Å². The first kappa shape index (κ1) is 15.3. The Morgan fingerprint density at radius 2 is 2.00 bits per heavy atom. The quantitative estimate of drug-likeness (QED) is 0.583. The van der Waals surface area contributed by atoms with Crippen molar-refractivity contribution in [2.75, 3.05) is 0 Å². The first-order chi connectivity index (χ1) is 8.77. The zero-order chi connectivity index (χ0) is 14.6. The fraction of sp³-hybridized carbons (Fsp3) is 0.750. The lowest BCUT2D eigenvalue weighted by molar-refractivity contribution is -0.152. The van der Waals surface area contributed by atoms with Crippen molar-refractivity contribution >= 4 is 17.9 Å². The second-order valence-corrected chi connectivity index (χ2v) is 5.26. The minimum absolute atomic E-state index is 0.418. The summed E-state index contributed by atoms with van der Waals surface area (Å²) in [5.41, 5.74) is 3.98. The van der Waals surface area contributed by atoms with E-state index in [0.29, 0.717) is 12.8 Å². The van der Waals surface area contributed by atoms with Crippen LogP contribution in [0.2, 0.25) is 0 Å². The SMILES string of the molecule is CC(NC(N)=O)C(=O)NC1CCCCC1(C)C(=O)O. The number of carbonyl (C=O) groups is 3. The number of nitrogens with one attached hydrogen (secondary N) is 2. The first-order valence-electron chi connectivity index (χ1n) is 6.37. The molecule has 1 aliphatic carbocycles. The van der Waals surface area contributed by atoms with E-state index < -0.39 is 35.4 Å². The molecular weight excluding hydrogens is 250 g/mol. The average Bonchev–Trinajstić information content (AvgIpc) is 2.31. The third-order valence-electron chi connectivity index (χ3n) is 3.77. The molecule has 0 aliphatic heterocycles. The van der Waals surface area contributed by atoms with Crippen molar-refractivity contribution in [1.29, 1.82) is 0 Å². The molecule has 108 valence electrons. The zero-order valence-corrected chi connectivity index (χ0v) is 11.2. The van der Waals surface area contributed by atoms with Gasteiger partial charge in [0.1, 0.15) is 6.04 Å². The van der Waals surface area contributed by atoms with Crippen molar-refractivity contribution in [2.45, 2.75) is 51.6 Å². The van der Waals surface area contributed by atoms with E-state index in [1.165, 1.54) is 6.92 Å². The molecule has 1 saturated carbocycles. The van der Waals surface area contributed by atoms with Crippen molar-refractivity contribution in [3.8, 4) is 0 Å². The predicted octanol–water partition coefficient (Wildman–Crippen LogP) is 0.193. The van der Waals surface area contributed by atoms with E-state index in [4.69, 9.17) is 5.73 Å². The highest BCUT2D eigenvalue weighted by Gasteiger charge is 2.44. The number of rotatable bonds is 4. The van der Waals surface area contributed by atoms with Crippen LogP contribution in [0.5, 0.6) is 0 Å². The molecule has 7 nitrogen and oxygen atoms in total. The molecule has 0 saturated heterocycles. The van der Waals surface area contributed by atoms with Crippen LogP contribution in [0.1, 0.15) is 39.5 Å². The van der Waals surface area contributed by atoms with E-state index in [-0.39, 0.29) is 0 Å². The van der Waals surface area contributed by atoms with Crippen LogP contribution in [0.4, 0.5) is 4.79 Å². The highest BCUT2D eigenvalue weighted by Crippen LogP contribution is 2.36. The number of carboxylic acids is 1. The van der Waals surface area contributed by atoms with Gasteiger partial charge >= 0.3 is 12.0 Å². The van der Waals surface area contributed by atoms with Gasteiger partial charge < -0.3 is 21.5 Å². The van der Waals surface area contributed by atoms with Crippen LogP contribution >= 0.6 is 0 Å². The highest BCUT2D eigenvalue weighted by molar-refractivity contribution is 5.87. The number of amides is 3. The van der Waals surface area contributed by atoms with Gasteiger partial charge in [-0.05, 0) is 26.7 Å². The van der Waals surface area contributed by atoms with Crippen molar-refractivity contribution in [1.82, 2.24) is 10.6 Å². The highest BCUT2D eigenvalue weighted by atomic mass is 16.4. The predicted molar refractivity (Wildman–Crippen MR) is 68.3 cm³/mol. The summed E-state index contributed by atoms with van der Waals surface area (Å²) in [7, 11) is 0. The number of nitrogens with two attached hydrogens (primary N) is 1. The van der Waals surface area contributed by atoms with Crippen molar-refractivity contribution < 1.29 is 19.5 Å². The van der Waals surface area contributed by atoms with E-state index >= 15 is 0 Å². The number of urea groups is 1. The average molecular weight is 271 g/mol. The fourth-order valence-electron chi connectivity index (χ4n) is 2.40. The van der Waals surface area contributed by atoms with Crippen LogP contribution in [0.3, 0.4) is 0 Å². The van der Waals surface area contributed by atoms with Gasteiger partial charge in [0.15, 0.2) is 0 Å². The van der Waals surface area contributed by atoms with Gasteiger partial charge in [-0.25, -0.2) is 4.79 Å². The minimum Gasteiger partial charge on any atom is -0.481 e. The molecule has 0 radical (unpaired) electrons. The third-order valence-corrected chi connectivity index (χ3v) is 3.77. The second kappa shape index (κ2) is 5.90. The van der Waals surface area contributed by atoms with Gasteiger partial charge in [0.05, 0.1) is 5.41 Å². The first-order valence-corrected chi connectivity index (χ1v) is 6.37. The molecule has 3 unspecified atom stereocenters. The Kier molecular flexibility index (Phi) is 4.74. The van der Waals surface area contributed by atoms with Gasteiger partial charge in [-0.3, -0.25) is 9.59 Å². The summed E-state index contributed by atoms with van der Waals surface area (Å²) in [4.78, 5) is 33.9. The Hall–Kier alpha value is -1.79. The number of hydrogen-bond acceptors (Lipinski definition) is 3. The Bertz CT molecular complexity index is 385. The monoisotopic (exact) mass is 271 g/mol. The molecule has 1 aliphatic rings. The van der Waals surface area contributed by atoms with Crippen LogP contribution < -0.4 is 16.4 Å². The van der Waals surface area contributed by atoms with Gasteiger partial charge in [0.25, 0.3) is 0 Å². The summed E-state index contributed by atoms with van der Waals surface area (Å²) < 4.78 is 0. The van der Waals surface area contributed by atoms with E-state index in [9.17, 15) is 19.5 Å². The van der Waals surface area contributed by atoms with Crippen LogP contribution in [0, 0.1) is 5.41 Å². The lowest BCUT2D eigenvalue weighted by Crippen LogP contribution is -2.56. The molecule has 1 fully saturated rings. The van der Waals surface area contributed by atoms with Gasteiger partial charge in [-0.15, -0.1) is 0 Å². The van der Waals surface area contributed by atoms with Crippen molar-refractivity contribution in [3.05, 3.63) is 0 Å². The maximum absolute atomic E-state index is 11.9. The minimum atomic E-state index is -0.958. The number of carbonyl (C=O) groups excluding carboxylic acids is 2. The second-order valence-electron chi connectivity index (χ2n) is 5.26. The van der Waals surface area contributed by atoms with Crippen LogP contribution in [-0.2, 0) is 9.59 Å². The summed E-state index contributed by atoms with van der Waals surface area (Å²) in [5.74, 6) is -1.33. The molecule has 0 aromatic rings.